The smallest absolute Gasteiger partial charge is 0.272 e. The number of carbonyl (C=O) groups is 1. The van der Waals surface area contributed by atoms with Crippen LogP contribution in [0.25, 0.3) is 0 Å². The molecular weight excluding hydrogens is 428 g/mol. The van der Waals surface area contributed by atoms with Gasteiger partial charge in [0.2, 0.25) is 0 Å². The molecule has 0 spiro atoms. The molecule has 1 saturated carbocycles. The van der Waals surface area contributed by atoms with Crippen molar-refractivity contribution in [2.24, 2.45) is 0 Å². The fraction of sp³-hybridized carbons (Fsp3) is 0.407. The molecule has 2 heterocycles. The third-order valence-corrected chi connectivity index (χ3v) is 6.68. The molecule has 0 bridgehead atoms. The number of nitrogens with one attached hydrogen (secondary N) is 1. The summed E-state index contributed by atoms with van der Waals surface area (Å²) in [4.78, 5) is 15.4. The predicted octanol–water partition coefficient (Wildman–Crippen LogP) is 3.59. The fourth-order valence-electron chi connectivity index (χ4n) is 4.55. The molecule has 1 fully saturated rings. The molecule has 1 aliphatic carbocycles. The van der Waals surface area contributed by atoms with Crippen LogP contribution in [-0.2, 0) is 32.5 Å². The summed E-state index contributed by atoms with van der Waals surface area (Å²) < 4.78 is 12.6. The molecule has 34 heavy (non-hydrogen) atoms. The first-order valence-corrected chi connectivity index (χ1v) is 12.0. The average Bonchev–Trinajstić information content (AvgIpc) is 3.61. The highest BCUT2D eigenvalue weighted by atomic mass is 16.5. The Hall–Kier alpha value is -3.32. The first-order valence-electron chi connectivity index (χ1n) is 12.0. The molecule has 0 atom stereocenters. The van der Waals surface area contributed by atoms with E-state index in [1.54, 1.807) is 14.2 Å². The van der Waals surface area contributed by atoms with Gasteiger partial charge in [0.15, 0.2) is 5.69 Å². The molecule has 7 heteroatoms. The van der Waals surface area contributed by atoms with Crippen LogP contribution in [0, 0.1) is 0 Å². The molecule has 0 radical (unpaired) electrons. The summed E-state index contributed by atoms with van der Waals surface area (Å²) in [6.07, 6.45) is 3.88. The number of amides is 1. The van der Waals surface area contributed by atoms with E-state index in [1.807, 2.05) is 24.3 Å². The molecule has 1 amide bonds. The highest BCUT2D eigenvalue weighted by Crippen LogP contribution is 2.26. The van der Waals surface area contributed by atoms with Crippen molar-refractivity contribution < 1.29 is 14.3 Å². The van der Waals surface area contributed by atoms with Gasteiger partial charge in [-0.25, -0.2) is 0 Å². The van der Waals surface area contributed by atoms with Crippen molar-refractivity contribution in [2.75, 3.05) is 20.8 Å². The Bertz CT molecular complexity index is 1130. The lowest BCUT2D eigenvalue weighted by molar-refractivity contribution is 0.0943. The summed E-state index contributed by atoms with van der Waals surface area (Å²) in [5.74, 6) is 1.69. The number of carbonyl (C=O) groups excluding carboxylic acids is 1. The summed E-state index contributed by atoms with van der Waals surface area (Å²) >= 11 is 0. The number of hydrogen-bond acceptors (Lipinski definition) is 5. The van der Waals surface area contributed by atoms with E-state index >= 15 is 0 Å². The highest BCUT2D eigenvalue weighted by molar-refractivity contribution is 5.94. The van der Waals surface area contributed by atoms with E-state index in [0.717, 1.165) is 68.9 Å². The molecule has 2 aromatic carbocycles. The molecular formula is C27H32N4O3. The number of methoxy groups -OCH3 is 2. The lowest BCUT2D eigenvalue weighted by Crippen LogP contribution is -2.32. The van der Waals surface area contributed by atoms with E-state index in [9.17, 15) is 4.79 Å². The maximum absolute atomic E-state index is 13.0. The van der Waals surface area contributed by atoms with Gasteiger partial charge in [-0.2, -0.15) is 5.10 Å². The molecule has 3 aromatic rings. The molecule has 7 nitrogen and oxygen atoms in total. The van der Waals surface area contributed by atoms with Crippen LogP contribution in [-0.4, -0.2) is 47.4 Å². The lowest BCUT2D eigenvalue weighted by atomic mass is 10.0. The first kappa shape index (κ1) is 22.5. The van der Waals surface area contributed by atoms with Gasteiger partial charge in [-0.15, -0.1) is 0 Å². The van der Waals surface area contributed by atoms with Gasteiger partial charge in [-0.05, 0) is 54.7 Å². The van der Waals surface area contributed by atoms with Crippen LogP contribution in [0.2, 0.25) is 0 Å². The van der Waals surface area contributed by atoms with E-state index in [2.05, 4.69) is 39.2 Å². The van der Waals surface area contributed by atoms with E-state index in [-0.39, 0.29) is 5.91 Å². The van der Waals surface area contributed by atoms with Crippen molar-refractivity contribution >= 4 is 5.91 Å². The minimum atomic E-state index is -0.0340. The SMILES string of the molecule is COc1ccc(CCn2nc(C(=O)NC3CC3)c3c2CCN(Cc2ccc(OC)cc2)C3)cc1. The van der Waals surface area contributed by atoms with Gasteiger partial charge in [0.25, 0.3) is 5.91 Å². The number of aromatic nitrogens is 2. The molecule has 0 unspecified atom stereocenters. The van der Waals surface area contributed by atoms with Gasteiger partial charge in [0, 0.05) is 49.9 Å². The second-order valence-electron chi connectivity index (χ2n) is 9.15. The zero-order chi connectivity index (χ0) is 23.5. The number of fused-ring (bicyclic) bond motifs is 1. The number of ether oxygens (including phenoxy) is 2. The zero-order valence-corrected chi connectivity index (χ0v) is 19.9. The third-order valence-electron chi connectivity index (χ3n) is 6.68. The Kier molecular flexibility index (Phi) is 6.54. The van der Waals surface area contributed by atoms with E-state index in [4.69, 9.17) is 14.6 Å². The van der Waals surface area contributed by atoms with E-state index < -0.39 is 0 Å². The van der Waals surface area contributed by atoms with Crippen LogP contribution in [0.3, 0.4) is 0 Å². The number of hydrogen-bond donors (Lipinski definition) is 1. The summed E-state index contributed by atoms with van der Waals surface area (Å²) in [6.45, 7) is 3.27. The van der Waals surface area contributed by atoms with Gasteiger partial charge in [0.1, 0.15) is 11.5 Å². The summed E-state index contributed by atoms with van der Waals surface area (Å²) in [7, 11) is 3.36. The third kappa shape index (κ3) is 5.09. The monoisotopic (exact) mass is 460 g/mol. The van der Waals surface area contributed by atoms with Crippen molar-refractivity contribution in [1.29, 1.82) is 0 Å². The van der Waals surface area contributed by atoms with Crippen molar-refractivity contribution in [3.63, 3.8) is 0 Å². The second kappa shape index (κ2) is 9.89. The Labute approximate surface area is 200 Å². The minimum Gasteiger partial charge on any atom is -0.497 e. The number of rotatable bonds is 9. The summed E-state index contributed by atoms with van der Waals surface area (Å²) in [6, 6.07) is 16.7. The summed E-state index contributed by atoms with van der Waals surface area (Å²) in [5, 5.41) is 7.96. The Balaban J connectivity index is 1.33. The van der Waals surface area contributed by atoms with Crippen LogP contribution in [0.15, 0.2) is 48.5 Å². The minimum absolute atomic E-state index is 0.0340. The van der Waals surface area contributed by atoms with Crippen LogP contribution >= 0.6 is 0 Å². The standard InChI is InChI=1S/C27H32N4O3/c1-33-22-9-3-19(4-10-22)13-16-31-25-14-15-30(17-20-5-11-23(34-2)12-6-20)18-24(25)26(29-31)27(32)28-21-7-8-21/h3-6,9-12,21H,7-8,13-18H2,1-2H3,(H,28,32). The van der Waals surface area contributed by atoms with Crippen molar-refractivity contribution in [3.05, 3.63) is 76.6 Å². The van der Waals surface area contributed by atoms with Crippen LogP contribution in [0.1, 0.15) is 45.7 Å². The molecule has 1 aromatic heterocycles. The van der Waals surface area contributed by atoms with Crippen LogP contribution in [0.5, 0.6) is 11.5 Å². The van der Waals surface area contributed by atoms with Crippen molar-refractivity contribution in [3.8, 4) is 11.5 Å². The zero-order valence-electron chi connectivity index (χ0n) is 19.9. The second-order valence-corrected chi connectivity index (χ2v) is 9.15. The Morgan fingerprint density at radius 2 is 1.65 bits per heavy atom. The van der Waals surface area contributed by atoms with Gasteiger partial charge in [0.05, 0.1) is 14.2 Å². The maximum Gasteiger partial charge on any atom is 0.272 e. The lowest BCUT2D eigenvalue weighted by Gasteiger charge is -2.28. The molecule has 0 saturated heterocycles. The topological polar surface area (TPSA) is 68.6 Å². The number of nitrogens with zero attached hydrogens (tertiary/aromatic N) is 3. The normalized spacial score (nSPS) is 15.6. The number of benzene rings is 2. The Morgan fingerprint density at radius 1 is 1.00 bits per heavy atom. The van der Waals surface area contributed by atoms with Crippen LogP contribution < -0.4 is 14.8 Å². The fourth-order valence-corrected chi connectivity index (χ4v) is 4.55. The molecule has 1 N–H and O–H groups in total. The maximum atomic E-state index is 13.0. The summed E-state index contributed by atoms with van der Waals surface area (Å²) in [5.41, 5.74) is 5.33. The van der Waals surface area contributed by atoms with E-state index in [0.29, 0.717) is 11.7 Å². The molecule has 1 aliphatic heterocycles. The quantitative estimate of drug-likeness (QED) is 0.529. The first-order chi connectivity index (χ1) is 16.6. The molecule has 5 rings (SSSR count). The highest BCUT2D eigenvalue weighted by Gasteiger charge is 2.31. The molecule has 178 valence electrons. The van der Waals surface area contributed by atoms with Gasteiger partial charge in [-0.3, -0.25) is 14.4 Å². The largest absolute Gasteiger partial charge is 0.497 e. The van der Waals surface area contributed by atoms with Gasteiger partial charge >= 0.3 is 0 Å². The van der Waals surface area contributed by atoms with Crippen molar-refractivity contribution in [2.45, 2.75) is 51.4 Å². The average molecular weight is 461 g/mol. The van der Waals surface area contributed by atoms with Gasteiger partial charge < -0.3 is 14.8 Å². The van der Waals surface area contributed by atoms with Gasteiger partial charge in [-0.1, -0.05) is 24.3 Å². The Morgan fingerprint density at radius 3 is 2.26 bits per heavy atom. The van der Waals surface area contributed by atoms with Crippen molar-refractivity contribution in [1.82, 2.24) is 20.0 Å². The van der Waals surface area contributed by atoms with Crippen LogP contribution in [0.4, 0.5) is 0 Å². The predicted molar refractivity (Wildman–Crippen MR) is 130 cm³/mol. The van der Waals surface area contributed by atoms with E-state index in [1.165, 1.54) is 16.8 Å². The molecule has 2 aliphatic rings. The number of aryl methyl sites for hydroxylation is 2.